The summed E-state index contributed by atoms with van der Waals surface area (Å²) in [5, 5.41) is 0. The monoisotopic (exact) mass is 224 g/mol. The Hall–Kier alpha value is -1.61. The number of aromatic nitrogens is 1. The lowest BCUT2D eigenvalue weighted by molar-refractivity contribution is 0.325. The standard InChI is InChI=1S/C14H15BNO/c1-11-6-7-12(2)14(9-11)15-17-10-13-5-3-4-8-16-13/h3-9H,10H2,1-2H3. The van der Waals surface area contributed by atoms with Crippen molar-refractivity contribution in [2.45, 2.75) is 20.5 Å². The van der Waals surface area contributed by atoms with Crippen LogP contribution in [0.1, 0.15) is 16.8 Å². The fraction of sp³-hybridized carbons (Fsp3) is 0.214. The first-order valence-electron chi connectivity index (χ1n) is 5.68. The van der Waals surface area contributed by atoms with Gasteiger partial charge in [0.2, 0.25) is 0 Å². The third-order valence-corrected chi connectivity index (χ3v) is 2.60. The van der Waals surface area contributed by atoms with Crippen LogP contribution >= 0.6 is 0 Å². The third-order valence-electron chi connectivity index (χ3n) is 2.60. The van der Waals surface area contributed by atoms with Gasteiger partial charge < -0.3 is 4.65 Å². The zero-order chi connectivity index (χ0) is 12.1. The molecule has 85 valence electrons. The summed E-state index contributed by atoms with van der Waals surface area (Å²) < 4.78 is 5.55. The van der Waals surface area contributed by atoms with Crippen LogP contribution in [0.4, 0.5) is 0 Å². The van der Waals surface area contributed by atoms with E-state index in [0.29, 0.717) is 6.61 Å². The Bertz CT molecular complexity index is 485. The maximum Gasteiger partial charge on any atom is 0.330 e. The van der Waals surface area contributed by atoms with Gasteiger partial charge in [-0.15, -0.1) is 0 Å². The van der Waals surface area contributed by atoms with E-state index in [1.807, 2.05) is 18.2 Å². The van der Waals surface area contributed by atoms with Gasteiger partial charge in [0, 0.05) is 6.20 Å². The number of nitrogens with zero attached hydrogens (tertiary/aromatic N) is 1. The molecule has 0 N–H and O–H groups in total. The van der Waals surface area contributed by atoms with Gasteiger partial charge in [-0.25, -0.2) is 0 Å². The fourth-order valence-corrected chi connectivity index (χ4v) is 1.59. The molecule has 0 unspecified atom stereocenters. The summed E-state index contributed by atoms with van der Waals surface area (Å²) in [5.41, 5.74) is 4.52. The molecule has 1 aromatic carbocycles. The van der Waals surface area contributed by atoms with Gasteiger partial charge in [0.1, 0.15) is 0 Å². The number of hydrogen-bond acceptors (Lipinski definition) is 2. The van der Waals surface area contributed by atoms with Crippen molar-refractivity contribution in [3.05, 3.63) is 59.4 Å². The number of pyridine rings is 1. The topological polar surface area (TPSA) is 22.1 Å². The van der Waals surface area contributed by atoms with Crippen molar-refractivity contribution in [3.63, 3.8) is 0 Å². The van der Waals surface area contributed by atoms with E-state index in [1.54, 1.807) is 13.7 Å². The van der Waals surface area contributed by atoms with E-state index in [2.05, 4.69) is 37.0 Å². The van der Waals surface area contributed by atoms with E-state index in [1.165, 1.54) is 11.1 Å². The van der Waals surface area contributed by atoms with E-state index in [-0.39, 0.29) is 0 Å². The largest absolute Gasteiger partial charge is 0.429 e. The summed E-state index contributed by atoms with van der Waals surface area (Å²) in [5.74, 6) is 0. The van der Waals surface area contributed by atoms with Crippen LogP contribution in [-0.4, -0.2) is 12.5 Å². The molecule has 0 atom stereocenters. The minimum Gasteiger partial charge on any atom is -0.429 e. The highest BCUT2D eigenvalue weighted by atomic mass is 16.4. The highest BCUT2D eigenvalue weighted by molar-refractivity contribution is 6.47. The average Bonchev–Trinajstić information content (AvgIpc) is 2.35. The fourth-order valence-electron chi connectivity index (χ4n) is 1.59. The first kappa shape index (κ1) is 11.9. The maximum atomic E-state index is 5.55. The molecule has 2 nitrogen and oxygen atoms in total. The number of hydrogen-bond donors (Lipinski definition) is 0. The number of benzene rings is 1. The molecule has 0 aliphatic rings. The van der Waals surface area contributed by atoms with Gasteiger partial charge in [-0.05, 0) is 26.0 Å². The molecule has 3 heteroatoms. The predicted octanol–water partition coefficient (Wildman–Crippen LogP) is 2.16. The molecule has 2 aromatic rings. The van der Waals surface area contributed by atoms with Crippen molar-refractivity contribution in [1.82, 2.24) is 4.98 Å². The second-order valence-electron chi connectivity index (χ2n) is 4.11. The van der Waals surface area contributed by atoms with Gasteiger partial charge >= 0.3 is 7.48 Å². The molecular formula is C14H15BNO. The third kappa shape index (κ3) is 3.43. The normalized spacial score (nSPS) is 10.2. The molecule has 0 bridgehead atoms. The van der Waals surface area contributed by atoms with E-state index in [9.17, 15) is 0 Å². The highest BCUT2D eigenvalue weighted by Gasteiger charge is 2.02. The van der Waals surface area contributed by atoms with E-state index in [0.717, 1.165) is 11.2 Å². The van der Waals surface area contributed by atoms with Crippen LogP contribution in [0.2, 0.25) is 0 Å². The summed E-state index contributed by atoms with van der Waals surface area (Å²) in [6.07, 6.45) is 1.77. The van der Waals surface area contributed by atoms with E-state index in [4.69, 9.17) is 4.65 Å². The smallest absolute Gasteiger partial charge is 0.330 e. The summed E-state index contributed by atoms with van der Waals surface area (Å²) in [6, 6.07) is 12.1. The SMILES string of the molecule is Cc1ccc(C)c([B]OCc2ccccn2)c1. The van der Waals surface area contributed by atoms with Crippen molar-refractivity contribution in [2.75, 3.05) is 0 Å². The lowest BCUT2D eigenvalue weighted by Crippen LogP contribution is -2.20. The number of aryl methyl sites for hydroxylation is 2. The lowest BCUT2D eigenvalue weighted by Gasteiger charge is -2.06. The van der Waals surface area contributed by atoms with E-state index < -0.39 is 0 Å². The predicted molar refractivity (Wildman–Crippen MR) is 70.3 cm³/mol. The molecule has 0 spiro atoms. The van der Waals surface area contributed by atoms with E-state index >= 15 is 0 Å². The second kappa shape index (κ2) is 5.64. The van der Waals surface area contributed by atoms with Gasteiger partial charge in [0.05, 0.1) is 12.3 Å². The zero-order valence-corrected chi connectivity index (χ0v) is 10.2. The van der Waals surface area contributed by atoms with Crippen LogP contribution in [0, 0.1) is 13.8 Å². The van der Waals surface area contributed by atoms with Crippen LogP contribution in [0.25, 0.3) is 0 Å². The van der Waals surface area contributed by atoms with Crippen LogP contribution in [0.3, 0.4) is 0 Å². The van der Waals surface area contributed by atoms with Crippen molar-refractivity contribution < 1.29 is 4.65 Å². The Kier molecular flexibility index (Phi) is 3.94. The Morgan fingerprint density at radius 3 is 2.82 bits per heavy atom. The van der Waals surface area contributed by atoms with Crippen LogP contribution in [-0.2, 0) is 11.3 Å². The summed E-state index contributed by atoms with van der Waals surface area (Å²) in [6.45, 7) is 4.67. The molecule has 0 saturated carbocycles. The molecule has 0 amide bonds. The summed E-state index contributed by atoms with van der Waals surface area (Å²) >= 11 is 0. The first-order chi connectivity index (χ1) is 8.25. The van der Waals surface area contributed by atoms with Crippen molar-refractivity contribution in [1.29, 1.82) is 0 Å². The quantitative estimate of drug-likeness (QED) is 0.742. The van der Waals surface area contributed by atoms with Crippen LogP contribution < -0.4 is 5.46 Å². The maximum absolute atomic E-state index is 5.55. The van der Waals surface area contributed by atoms with Crippen molar-refractivity contribution in [3.8, 4) is 0 Å². The molecule has 0 aliphatic heterocycles. The Morgan fingerprint density at radius 2 is 2.06 bits per heavy atom. The van der Waals surface area contributed by atoms with Gasteiger partial charge in [0.15, 0.2) is 0 Å². The first-order valence-corrected chi connectivity index (χ1v) is 5.68. The molecular weight excluding hydrogens is 209 g/mol. The summed E-state index contributed by atoms with van der Waals surface area (Å²) in [7, 11) is 1.80. The summed E-state index contributed by atoms with van der Waals surface area (Å²) in [4.78, 5) is 4.20. The zero-order valence-electron chi connectivity index (χ0n) is 10.2. The molecule has 1 radical (unpaired) electrons. The Morgan fingerprint density at radius 1 is 1.18 bits per heavy atom. The van der Waals surface area contributed by atoms with Crippen molar-refractivity contribution in [2.24, 2.45) is 0 Å². The van der Waals surface area contributed by atoms with Crippen LogP contribution in [0.15, 0.2) is 42.6 Å². The molecule has 0 saturated heterocycles. The lowest BCUT2D eigenvalue weighted by atomic mass is 9.83. The van der Waals surface area contributed by atoms with Gasteiger partial charge in [-0.2, -0.15) is 0 Å². The van der Waals surface area contributed by atoms with Gasteiger partial charge in [-0.1, -0.05) is 40.9 Å². The minimum absolute atomic E-state index is 0.508. The average molecular weight is 224 g/mol. The van der Waals surface area contributed by atoms with Gasteiger partial charge in [-0.3, -0.25) is 4.98 Å². The van der Waals surface area contributed by atoms with Gasteiger partial charge in [0.25, 0.3) is 0 Å². The molecule has 0 fully saturated rings. The van der Waals surface area contributed by atoms with Crippen molar-refractivity contribution >= 4 is 12.9 Å². The molecule has 2 rings (SSSR count). The highest BCUT2D eigenvalue weighted by Crippen LogP contribution is 2.00. The molecule has 0 aliphatic carbocycles. The Labute approximate surface area is 103 Å². The molecule has 1 aromatic heterocycles. The number of rotatable bonds is 4. The minimum atomic E-state index is 0.508. The Balaban J connectivity index is 1.92. The second-order valence-corrected chi connectivity index (χ2v) is 4.11. The van der Waals surface area contributed by atoms with Crippen LogP contribution in [0.5, 0.6) is 0 Å². The molecule has 17 heavy (non-hydrogen) atoms. The molecule has 1 heterocycles.